The fourth-order valence-corrected chi connectivity index (χ4v) is 7.01. The average Bonchev–Trinajstić information content (AvgIpc) is 3.89. The maximum absolute atomic E-state index is 15.4. The maximum Gasteiger partial charge on any atom is 0.320 e. The lowest BCUT2D eigenvalue weighted by Crippen LogP contribution is -2.49. The van der Waals surface area contributed by atoms with Crippen molar-refractivity contribution in [2.75, 3.05) is 57.4 Å². The summed E-state index contributed by atoms with van der Waals surface area (Å²) in [5.41, 5.74) is 6.20. The van der Waals surface area contributed by atoms with Crippen molar-refractivity contribution in [1.29, 1.82) is 0 Å². The number of pyridine rings is 1. The number of carbonyl (C=O) groups excluding carboxylic acids is 2. The van der Waals surface area contributed by atoms with Gasteiger partial charge < -0.3 is 34.3 Å². The van der Waals surface area contributed by atoms with Crippen molar-refractivity contribution >= 4 is 34.2 Å². The summed E-state index contributed by atoms with van der Waals surface area (Å²) < 4.78 is 26.7. The Balaban J connectivity index is 1.10. The van der Waals surface area contributed by atoms with E-state index < -0.39 is 11.7 Å². The molecule has 47 heavy (non-hydrogen) atoms. The van der Waals surface area contributed by atoms with Gasteiger partial charge in [-0.1, -0.05) is 18.2 Å². The Morgan fingerprint density at radius 3 is 2.64 bits per heavy atom. The van der Waals surface area contributed by atoms with Gasteiger partial charge in [0.25, 0.3) is 5.91 Å². The number of nitrogens with zero attached hydrogens (tertiary/aromatic N) is 4. The molecular weight excluding hydrogens is 601 g/mol. The summed E-state index contributed by atoms with van der Waals surface area (Å²) in [7, 11) is 0. The lowest BCUT2D eigenvalue weighted by molar-refractivity contribution is 0.0441. The second-order valence-electron chi connectivity index (χ2n) is 12.5. The van der Waals surface area contributed by atoms with E-state index in [-0.39, 0.29) is 37.1 Å². The van der Waals surface area contributed by atoms with Crippen molar-refractivity contribution in [3.8, 4) is 16.9 Å². The van der Waals surface area contributed by atoms with Gasteiger partial charge in [0.1, 0.15) is 29.4 Å². The highest BCUT2D eigenvalue weighted by Crippen LogP contribution is 2.44. The minimum atomic E-state index is -0.579. The summed E-state index contributed by atoms with van der Waals surface area (Å²) in [6.07, 6.45) is 6.54. The van der Waals surface area contributed by atoms with Crippen molar-refractivity contribution in [1.82, 2.24) is 19.8 Å². The molecule has 3 amide bonds. The maximum atomic E-state index is 15.4. The number of carbonyl (C=O) groups is 2. The average molecular weight is 638 g/mol. The first-order valence-corrected chi connectivity index (χ1v) is 16.3. The number of hydrogen-bond donors (Lipinski definition) is 2. The summed E-state index contributed by atoms with van der Waals surface area (Å²) in [6.45, 7) is 3.60. The quantitative estimate of drug-likeness (QED) is 0.307. The molecule has 1 saturated heterocycles. The van der Waals surface area contributed by atoms with Gasteiger partial charge >= 0.3 is 6.03 Å². The van der Waals surface area contributed by atoms with Crippen molar-refractivity contribution in [2.24, 2.45) is 0 Å². The predicted molar refractivity (Wildman–Crippen MR) is 175 cm³/mol. The van der Waals surface area contributed by atoms with Crippen molar-refractivity contribution < 1.29 is 28.6 Å². The molecule has 10 nitrogen and oxygen atoms in total. The van der Waals surface area contributed by atoms with Crippen LogP contribution in [0.25, 0.3) is 27.7 Å². The molecule has 0 bridgehead atoms. The number of amides is 3. The first-order chi connectivity index (χ1) is 23.0. The molecule has 1 aliphatic carbocycles. The van der Waals surface area contributed by atoms with Gasteiger partial charge in [-0.15, -0.1) is 0 Å². The summed E-state index contributed by atoms with van der Waals surface area (Å²) >= 11 is 0. The minimum Gasteiger partial charge on any atom is -0.491 e. The van der Waals surface area contributed by atoms with Crippen LogP contribution in [0.2, 0.25) is 0 Å². The molecule has 2 aromatic heterocycles. The molecule has 4 aliphatic rings. The van der Waals surface area contributed by atoms with Crippen LogP contribution in [0.15, 0.2) is 54.7 Å². The number of rotatable bonds is 5. The van der Waals surface area contributed by atoms with Crippen LogP contribution in [0.5, 0.6) is 5.75 Å². The number of aromatic amines is 1. The molecule has 0 spiro atoms. The van der Waals surface area contributed by atoms with Gasteiger partial charge in [-0.2, -0.15) is 0 Å². The molecule has 242 valence electrons. The number of benzene rings is 2. The van der Waals surface area contributed by atoms with Crippen molar-refractivity contribution in [3.63, 3.8) is 0 Å². The van der Waals surface area contributed by atoms with Crippen LogP contribution in [0, 0.1) is 5.82 Å². The molecule has 0 unspecified atom stereocenters. The van der Waals surface area contributed by atoms with E-state index in [2.05, 4.69) is 22.1 Å². The zero-order chi connectivity index (χ0) is 32.1. The zero-order valence-electron chi connectivity index (χ0n) is 26.0. The number of aromatic nitrogens is 2. The van der Waals surface area contributed by atoms with Crippen LogP contribution in [0.1, 0.15) is 52.4 Å². The van der Waals surface area contributed by atoms with Crippen LogP contribution < -0.4 is 9.64 Å². The predicted octanol–water partition coefficient (Wildman–Crippen LogP) is 5.32. The Kier molecular flexibility index (Phi) is 7.65. The van der Waals surface area contributed by atoms with Gasteiger partial charge in [-0.25, -0.2) is 14.2 Å². The standard InChI is InChI=1S/C36H36FN5O5/c37-29-18-24(22-4-5-22)19-32-33(29)35(44)42(14-17-47-32)31-3-1-2-25(28(31)21-43)26-6-9-38-34-27(26)20-30(39-34)23-7-10-40(11-8-23)36(45)41-12-15-46-16-13-41/h1-3,6-7,9,18-20,22,43H,4-5,8,10-17,21H2,(H,38,39). The lowest BCUT2D eigenvalue weighted by Gasteiger charge is -2.34. The Bertz CT molecular complexity index is 1910. The molecule has 2 aromatic carbocycles. The van der Waals surface area contributed by atoms with Gasteiger partial charge in [-0.05, 0) is 77.8 Å². The van der Waals surface area contributed by atoms with E-state index >= 15 is 4.39 Å². The fraction of sp³-hybridized carbons (Fsp3) is 0.361. The molecule has 1 saturated carbocycles. The Labute approximate surface area is 271 Å². The molecule has 2 fully saturated rings. The van der Waals surface area contributed by atoms with Gasteiger partial charge in [0, 0.05) is 49.0 Å². The van der Waals surface area contributed by atoms with E-state index in [0.717, 1.165) is 46.2 Å². The van der Waals surface area contributed by atoms with Crippen LogP contribution >= 0.6 is 0 Å². The van der Waals surface area contributed by atoms with E-state index in [0.29, 0.717) is 68.6 Å². The number of hydrogen-bond acceptors (Lipinski definition) is 6. The molecule has 3 aliphatic heterocycles. The second kappa shape index (κ2) is 12.1. The highest BCUT2D eigenvalue weighted by molar-refractivity contribution is 6.09. The van der Waals surface area contributed by atoms with E-state index in [9.17, 15) is 14.7 Å². The zero-order valence-corrected chi connectivity index (χ0v) is 26.0. The Morgan fingerprint density at radius 1 is 1.02 bits per heavy atom. The largest absolute Gasteiger partial charge is 0.491 e. The Morgan fingerprint density at radius 2 is 1.87 bits per heavy atom. The number of morpholine rings is 1. The van der Waals surface area contributed by atoms with Gasteiger partial charge in [0.05, 0.1) is 32.1 Å². The van der Waals surface area contributed by atoms with Crippen molar-refractivity contribution in [2.45, 2.75) is 31.8 Å². The lowest BCUT2D eigenvalue weighted by atomic mass is 9.95. The third-order valence-corrected chi connectivity index (χ3v) is 9.69. The number of urea groups is 1. The summed E-state index contributed by atoms with van der Waals surface area (Å²) in [4.78, 5) is 40.1. The first kappa shape index (κ1) is 29.6. The molecule has 0 radical (unpaired) electrons. The highest BCUT2D eigenvalue weighted by atomic mass is 19.1. The molecule has 5 heterocycles. The number of fused-ring (bicyclic) bond motifs is 2. The van der Waals surface area contributed by atoms with Crippen LogP contribution in [-0.2, 0) is 11.3 Å². The summed E-state index contributed by atoms with van der Waals surface area (Å²) in [5, 5.41) is 11.6. The molecular formula is C36H36FN5O5. The minimum absolute atomic E-state index is 0.0457. The van der Waals surface area contributed by atoms with Crippen LogP contribution in [-0.4, -0.2) is 89.4 Å². The van der Waals surface area contributed by atoms with Crippen LogP contribution in [0.3, 0.4) is 0 Å². The first-order valence-electron chi connectivity index (χ1n) is 16.3. The molecule has 4 aromatic rings. The smallest absolute Gasteiger partial charge is 0.320 e. The monoisotopic (exact) mass is 637 g/mol. The van der Waals surface area contributed by atoms with E-state index in [1.54, 1.807) is 18.3 Å². The van der Waals surface area contributed by atoms with Crippen LogP contribution in [0.4, 0.5) is 14.9 Å². The number of aliphatic hydroxyl groups is 1. The topological polar surface area (TPSA) is 111 Å². The molecule has 2 N–H and O–H groups in total. The molecule has 0 atom stereocenters. The number of ether oxygens (including phenoxy) is 2. The Hall–Kier alpha value is -4.74. The molecule has 11 heteroatoms. The van der Waals surface area contributed by atoms with E-state index in [4.69, 9.17) is 9.47 Å². The van der Waals surface area contributed by atoms with Gasteiger partial charge in [-0.3, -0.25) is 4.79 Å². The normalized spacial score (nSPS) is 18.6. The number of halogens is 1. The molecule has 8 rings (SSSR count). The summed E-state index contributed by atoms with van der Waals surface area (Å²) in [5.74, 6) is -0.463. The number of anilines is 1. The third-order valence-electron chi connectivity index (χ3n) is 9.69. The van der Waals surface area contributed by atoms with Crippen molar-refractivity contribution in [3.05, 3.63) is 82.9 Å². The van der Waals surface area contributed by atoms with E-state index in [1.807, 2.05) is 28.0 Å². The SMILES string of the molecule is O=C(N1CC=C(c2cc3c(-c4cccc(N5CCOc6cc(C7CC7)cc(F)c6C5=O)c4CO)ccnc3[nH]2)CC1)N1CCOCC1. The van der Waals surface area contributed by atoms with E-state index in [1.165, 1.54) is 11.0 Å². The second-order valence-corrected chi connectivity index (χ2v) is 12.5. The fourth-order valence-electron chi connectivity index (χ4n) is 7.01. The summed E-state index contributed by atoms with van der Waals surface area (Å²) in [6, 6.07) is 12.8. The third kappa shape index (κ3) is 5.43. The number of H-pyrrole nitrogens is 1. The number of nitrogens with one attached hydrogen (secondary N) is 1. The van der Waals surface area contributed by atoms with Gasteiger partial charge in [0.2, 0.25) is 0 Å². The van der Waals surface area contributed by atoms with Gasteiger partial charge in [0.15, 0.2) is 0 Å². The highest BCUT2D eigenvalue weighted by Gasteiger charge is 2.33. The number of aliphatic hydroxyl groups excluding tert-OH is 1.